The zero-order chi connectivity index (χ0) is 12.1. The smallest absolute Gasteiger partial charge is 0.0724 e. The molecule has 0 spiro atoms. The summed E-state index contributed by atoms with van der Waals surface area (Å²) in [6.45, 7) is 6.71. The van der Waals surface area contributed by atoms with Crippen molar-refractivity contribution >= 4 is 0 Å². The monoisotopic (exact) mass is 230 g/mol. The first-order valence-electron chi connectivity index (χ1n) is 5.92. The number of rotatable bonds is 5. The largest absolute Gasteiger partial charge is 0.351 e. The van der Waals surface area contributed by atoms with Gasteiger partial charge in [0.1, 0.15) is 0 Å². The maximum Gasteiger partial charge on any atom is 0.0724 e. The topological polar surface area (TPSA) is 42.7 Å². The Bertz CT molecular complexity index is 459. The first-order valence-corrected chi connectivity index (χ1v) is 5.92. The molecule has 0 aliphatic heterocycles. The van der Waals surface area contributed by atoms with E-state index in [2.05, 4.69) is 45.1 Å². The standard InChI is InChI=1S/C13H18N4/c1-3-17-6-4-5-13(17)10-14-8-12-9-15-11(2)7-16-12/h4-7,9,14H,3,8,10H2,1-2H3. The lowest BCUT2D eigenvalue weighted by atomic mass is 10.4. The van der Waals surface area contributed by atoms with Crippen LogP contribution in [0.1, 0.15) is 24.0 Å². The van der Waals surface area contributed by atoms with Crippen LogP contribution < -0.4 is 5.32 Å². The Morgan fingerprint density at radius 2 is 2.12 bits per heavy atom. The van der Waals surface area contributed by atoms with E-state index in [-0.39, 0.29) is 0 Å². The van der Waals surface area contributed by atoms with Crippen LogP contribution in [0.3, 0.4) is 0 Å². The minimum absolute atomic E-state index is 0.752. The van der Waals surface area contributed by atoms with Crippen molar-refractivity contribution in [3.05, 3.63) is 47.8 Å². The van der Waals surface area contributed by atoms with Crippen molar-refractivity contribution in [2.24, 2.45) is 0 Å². The van der Waals surface area contributed by atoms with Crippen molar-refractivity contribution < 1.29 is 0 Å². The highest BCUT2D eigenvalue weighted by atomic mass is 15.0. The van der Waals surface area contributed by atoms with Gasteiger partial charge >= 0.3 is 0 Å². The van der Waals surface area contributed by atoms with Gasteiger partial charge in [0.2, 0.25) is 0 Å². The van der Waals surface area contributed by atoms with Crippen LogP contribution in [0.15, 0.2) is 30.7 Å². The fourth-order valence-electron chi connectivity index (χ4n) is 1.75. The lowest BCUT2D eigenvalue weighted by Crippen LogP contribution is -2.16. The molecular formula is C13H18N4. The molecule has 2 aromatic heterocycles. The molecule has 0 aromatic carbocycles. The molecule has 0 amide bonds. The van der Waals surface area contributed by atoms with Gasteiger partial charge < -0.3 is 9.88 Å². The fraction of sp³-hybridized carbons (Fsp3) is 0.385. The van der Waals surface area contributed by atoms with Crippen LogP contribution >= 0.6 is 0 Å². The molecule has 0 atom stereocenters. The molecule has 0 saturated heterocycles. The van der Waals surface area contributed by atoms with Gasteiger partial charge in [-0.3, -0.25) is 9.97 Å². The summed E-state index contributed by atoms with van der Waals surface area (Å²) in [5, 5.41) is 3.37. The van der Waals surface area contributed by atoms with E-state index in [1.165, 1.54) is 5.69 Å². The molecule has 4 nitrogen and oxygen atoms in total. The second-order valence-electron chi connectivity index (χ2n) is 4.04. The van der Waals surface area contributed by atoms with Gasteiger partial charge in [-0.05, 0) is 26.0 Å². The Labute approximate surface area is 102 Å². The maximum atomic E-state index is 4.31. The van der Waals surface area contributed by atoms with E-state index >= 15 is 0 Å². The Kier molecular flexibility index (Phi) is 3.88. The van der Waals surface area contributed by atoms with E-state index < -0.39 is 0 Å². The first-order chi connectivity index (χ1) is 8.29. The van der Waals surface area contributed by atoms with Crippen LogP contribution in [0.4, 0.5) is 0 Å². The van der Waals surface area contributed by atoms with Gasteiger partial charge in [-0.1, -0.05) is 0 Å². The Morgan fingerprint density at radius 1 is 1.24 bits per heavy atom. The van der Waals surface area contributed by atoms with Crippen LogP contribution in [0.5, 0.6) is 0 Å². The van der Waals surface area contributed by atoms with Crippen molar-refractivity contribution in [1.29, 1.82) is 0 Å². The summed E-state index contributed by atoms with van der Waals surface area (Å²) < 4.78 is 2.23. The molecule has 4 heteroatoms. The minimum Gasteiger partial charge on any atom is -0.351 e. The van der Waals surface area contributed by atoms with Gasteiger partial charge in [-0.25, -0.2) is 0 Å². The molecule has 1 N–H and O–H groups in total. The van der Waals surface area contributed by atoms with Gasteiger partial charge in [0.05, 0.1) is 11.4 Å². The molecule has 0 fully saturated rings. The summed E-state index contributed by atoms with van der Waals surface area (Å²) in [6.07, 6.45) is 5.72. The Morgan fingerprint density at radius 3 is 2.82 bits per heavy atom. The van der Waals surface area contributed by atoms with E-state index in [1.54, 1.807) is 6.20 Å². The molecule has 90 valence electrons. The van der Waals surface area contributed by atoms with E-state index in [0.717, 1.165) is 31.0 Å². The average molecular weight is 230 g/mol. The second kappa shape index (κ2) is 5.59. The third kappa shape index (κ3) is 3.14. The third-order valence-electron chi connectivity index (χ3n) is 2.71. The van der Waals surface area contributed by atoms with Gasteiger partial charge in [-0.2, -0.15) is 0 Å². The van der Waals surface area contributed by atoms with Gasteiger partial charge in [0.25, 0.3) is 0 Å². The van der Waals surface area contributed by atoms with Gasteiger partial charge in [-0.15, -0.1) is 0 Å². The molecule has 2 rings (SSSR count). The zero-order valence-corrected chi connectivity index (χ0v) is 10.3. The molecule has 0 radical (unpaired) electrons. The molecule has 0 aliphatic carbocycles. The molecule has 17 heavy (non-hydrogen) atoms. The van der Waals surface area contributed by atoms with Crippen LogP contribution in [0.2, 0.25) is 0 Å². The summed E-state index contributed by atoms with van der Waals surface area (Å²) in [6, 6.07) is 4.21. The summed E-state index contributed by atoms with van der Waals surface area (Å²) >= 11 is 0. The van der Waals surface area contributed by atoms with Crippen LogP contribution in [0.25, 0.3) is 0 Å². The number of hydrogen-bond donors (Lipinski definition) is 1. The molecule has 0 bridgehead atoms. The lowest BCUT2D eigenvalue weighted by Gasteiger charge is -2.07. The summed E-state index contributed by atoms with van der Waals surface area (Å²) in [5.41, 5.74) is 3.23. The van der Waals surface area contributed by atoms with E-state index in [9.17, 15) is 0 Å². The number of aryl methyl sites for hydroxylation is 2. The predicted molar refractivity (Wildman–Crippen MR) is 67.4 cm³/mol. The van der Waals surface area contributed by atoms with Gasteiger partial charge in [0.15, 0.2) is 0 Å². The van der Waals surface area contributed by atoms with Crippen molar-refractivity contribution in [1.82, 2.24) is 19.9 Å². The predicted octanol–water partition coefficient (Wildman–Crippen LogP) is 1.90. The van der Waals surface area contributed by atoms with Crippen molar-refractivity contribution in [3.63, 3.8) is 0 Å². The van der Waals surface area contributed by atoms with Crippen LogP contribution in [-0.2, 0) is 19.6 Å². The molecular weight excluding hydrogens is 212 g/mol. The summed E-state index contributed by atoms with van der Waals surface area (Å²) in [5.74, 6) is 0. The first kappa shape index (κ1) is 11.8. The molecule has 2 aromatic rings. The van der Waals surface area contributed by atoms with Crippen LogP contribution in [0, 0.1) is 6.92 Å². The SMILES string of the molecule is CCn1cccc1CNCc1cnc(C)cn1. The number of nitrogens with zero attached hydrogens (tertiary/aromatic N) is 3. The van der Waals surface area contributed by atoms with Gasteiger partial charge in [0, 0.05) is 43.9 Å². The number of nitrogens with one attached hydrogen (secondary N) is 1. The summed E-state index contributed by atoms with van der Waals surface area (Å²) in [4.78, 5) is 8.53. The van der Waals surface area contributed by atoms with Crippen LogP contribution in [-0.4, -0.2) is 14.5 Å². The van der Waals surface area contributed by atoms with Crippen molar-refractivity contribution in [2.75, 3.05) is 0 Å². The molecule has 0 unspecified atom stereocenters. The van der Waals surface area contributed by atoms with E-state index in [0.29, 0.717) is 0 Å². The second-order valence-corrected chi connectivity index (χ2v) is 4.04. The normalized spacial score (nSPS) is 10.7. The fourth-order valence-corrected chi connectivity index (χ4v) is 1.75. The van der Waals surface area contributed by atoms with Crippen molar-refractivity contribution in [3.8, 4) is 0 Å². The number of aromatic nitrogens is 3. The Balaban J connectivity index is 1.85. The minimum atomic E-state index is 0.752. The summed E-state index contributed by atoms with van der Waals surface area (Å²) in [7, 11) is 0. The lowest BCUT2D eigenvalue weighted by molar-refractivity contribution is 0.621. The average Bonchev–Trinajstić information content (AvgIpc) is 2.79. The molecule has 0 saturated carbocycles. The number of hydrogen-bond acceptors (Lipinski definition) is 3. The highest BCUT2D eigenvalue weighted by Crippen LogP contribution is 2.02. The van der Waals surface area contributed by atoms with E-state index in [1.807, 2.05) is 13.1 Å². The quantitative estimate of drug-likeness (QED) is 0.853. The van der Waals surface area contributed by atoms with Crippen molar-refractivity contribution in [2.45, 2.75) is 33.5 Å². The van der Waals surface area contributed by atoms with E-state index in [4.69, 9.17) is 0 Å². The Hall–Kier alpha value is -1.68. The third-order valence-corrected chi connectivity index (χ3v) is 2.71. The zero-order valence-electron chi connectivity index (χ0n) is 10.3. The highest BCUT2D eigenvalue weighted by molar-refractivity contribution is 5.07. The molecule has 2 heterocycles. The highest BCUT2D eigenvalue weighted by Gasteiger charge is 1.99. The molecule has 0 aliphatic rings. The maximum absolute atomic E-state index is 4.31.